The van der Waals surface area contributed by atoms with Crippen molar-refractivity contribution in [3.05, 3.63) is 90.1 Å². The quantitative estimate of drug-likeness (QED) is 0.0113. The van der Waals surface area contributed by atoms with Gasteiger partial charge in [0.1, 0.15) is 84.7 Å². The maximum atomic E-state index is 15.5. The lowest BCUT2D eigenvalue weighted by atomic mass is 10.00. The first kappa shape index (κ1) is 122. The number of imidazole rings is 1. The van der Waals surface area contributed by atoms with Crippen molar-refractivity contribution in [3.63, 3.8) is 0 Å². The Balaban J connectivity index is 1.02. The molecule has 0 aliphatic carbocycles. The van der Waals surface area contributed by atoms with Crippen molar-refractivity contribution in [2.75, 3.05) is 85.4 Å². The van der Waals surface area contributed by atoms with E-state index in [4.69, 9.17) is 32.1 Å². The first-order chi connectivity index (χ1) is 71.6. The zero-order chi connectivity index (χ0) is 108. The number of aliphatic hydroxyl groups excluding tert-OH is 2. The van der Waals surface area contributed by atoms with Gasteiger partial charge in [-0.15, -0.1) is 10.6 Å². The number of aliphatic hydroxyl groups is 2. The van der Waals surface area contributed by atoms with Gasteiger partial charge in [0.2, 0.25) is 94.5 Å². The van der Waals surface area contributed by atoms with Gasteiger partial charge in [-0.2, -0.15) is 0 Å². The third kappa shape index (κ3) is 47.1. The number of nitrogens with two attached hydrogens (primary N) is 3. The third-order valence-electron chi connectivity index (χ3n) is 24.9. The van der Waals surface area contributed by atoms with Gasteiger partial charge in [-0.3, -0.25) is 107 Å². The van der Waals surface area contributed by atoms with Gasteiger partial charge in [0.05, 0.1) is 70.7 Å². The van der Waals surface area contributed by atoms with Crippen LogP contribution < -0.4 is 108 Å². The van der Waals surface area contributed by atoms with E-state index in [0.29, 0.717) is 39.8 Å². The molecule has 822 valence electrons. The number of carbonyl (C=O) groups excluding carboxylic acids is 17. The normalized spacial score (nSPS) is 18.5. The summed E-state index contributed by atoms with van der Waals surface area (Å²) in [5, 5.41) is 89.3. The van der Waals surface area contributed by atoms with Crippen molar-refractivity contribution in [3.8, 4) is 0 Å². The second-order valence-electron chi connectivity index (χ2n) is 37.0. The van der Waals surface area contributed by atoms with Crippen LogP contribution in [0.5, 0.6) is 0 Å². The zero-order valence-corrected chi connectivity index (χ0v) is 84.3. The monoisotopic (exact) mass is 2090 g/mol. The van der Waals surface area contributed by atoms with E-state index >= 15 is 24.0 Å². The standard InChI is InChI=1S/C97H149N27O25/c1-2-3-30-68(88(139)115-71-37-36-63(126)28-19-16-20-32-67(86(99)137)111-92(143)73(46-61-49-105-66-31-24-23-29-65(61)66)116-89(140)69(33-25-40-104-97(100)101)112-91(142)72(45-60-26-17-15-18-27-60)118-95(146)77-48-64(127)53-124(77)96(71)147)113-93(144)75(109-82(131)54-123(55-84(133)134)56-85(135)136)51-107-87(138)74(47-62-50-102-59-108-62)117-90(141)70(38-39-78(98)128)114-94(145)76(57-125)110-81(130)52-106-83(132)58-149-44-43-148-42-41-103-80(129)35-22-14-12-10-8-6-4-5-7-9-11-13-21-34-79-119-121-122-120-79/h15,17-18,23-24,26-27,29,31,49-50,59,64,67-77,105,121-122,125,127H,2-14,16,19-22,25,28,30,32-48,51-58H2,1H3,(H2,98,128)(H2,99,137)(H,102,108)(H,103,129)(H,106,132)(H,107,138)(H,109,131)(H,110,130)(H,111,143)(H,112,142)(H,113,144)(H,114,145)(H,115,139)(H,116,140)(H,117,141)(H,118,146)(H,119,120)(H,133,134)(H,135,136)(H4,100,101,104)/t64-,67+,68+,69+,70+,71+,72-,73+,74+,75+,76+,77+/m1/s1. The molecule has 3 aliphatic heterocycles. The Hall–Kier alpha value is -14.4. The summed E-state index contributed by atoms with van der Waals surface area (Å²) in [6.45, 7) is -4.85. The number of primary amides is 2. The van der Waals surface area contributed by atoms with Crippen LogP contribution in [0.4, 0.5) is 0 Å². The summed E-state index contributed by atoms with van der Waals surface area (Å²) < 4.78 is 10.8. The van der Waals surface area contributed by atoms with Gasteiger partial charge in [-0.1, -0.05) is 152 Å². The number of unbranched alkanes of at least 4 members (excludes halogenated alkanes) is 13. The molecule has 0 unspecified atom stereocenters. The summed E-state index contributed by atoms with van der Waals surface area (Å²) in [5.41, 5.74) is 27.2. The first-order valence-electron chi connectivity index (χ1n) is 50.9. The van der Waals surface area contributed by atoms with Gasteiger partial charge in [0.25, 0.3) is 0 Å². The van der Waals surface area contributed by atoms with Crippen LogP contribution >= 0.6 is 0 Å². The molecule has 2 aromatic carbocycles. The third-order valence-corrected chi connectivity index (χ3v) is 24.9. The first-order valence-corrected chi connectivity index (χ1v) is 50.9. The number of benzene rings is 2. The number of fused-ring (bicyclic) bond motifs is 2. The highest BCUT2D eigenvalue weighted by atomic mass is 16.5. The van der Waals surface area contributed by atoms with Crippen molar-refractivity contribution < 1.29 is 121 Å². The van der Waals surface area contributed by atoms with Gasteiger partial charge in [-0.25, -0.2) is 10.5 Å². The Kier molecular flexibility index (Phi) is 55.0. The average Bonchev–Trinajstić information content (AvgIpc) is 1.67. The van der Waals surface area contributed by atoms with Gasteiger partial charge in [0.15, 0.2) is 5.96 Å². The van der Waals surface area contributed by atoms with Crippen LogP contribution in [0.3, 0.4) is 0 Å². The molecule has 0 bridgehead atoms. The summed E-state index contributed by atoms with van der Waals surface area (Å²) in [7, 11) is 0. The lowest BCUT2D eigenvalue weighted by Crippen LogP contribution is -2.61. The zero-order valence-electron chi connectivity index (χ0n) is 84.3. The molecular weight excluding hydrogens is 1940 g/mol. The van der Waals surface area contributed by atoms with E-state index in [1.165, 1.54) is 63.9 Å². The molecule has 0 radical (unpaired) electrons. The molecule has 0 spiro atoms. The molecule has 16 amide bonds. The SMILES string of the molecule is CCCC[C@H](NC(=O)[C@H](CNC(=O)[C@H](Cc1c[nH]cn1)NC(=O)[C@H](CCC(N)=O)NC(=O)[C@H](CO)NC(=O)CNC(=O)COCCOCCNC(=O)CCCCCCCCCCCCCCCC1=NNNN1)NC(=O)CN(CC(=O)O)CC(=O)O)C(=O)N[C@H]1CCC(=O)CCCCC[C@@H](C(N)=O)NC(=O)[C@H](Cc2c[nH]c3ccccc23)NC(=O)[C@H](CCCNC(=N)N)NC(=O)[C@@H](Cc2ccccc2)NC(=O)[C@@H]2C[C@@H](O)CN2C1=O. The molecule has 2 aromatic heterocycles. The predicted molar refractivity (Wildman–Crippen MR) is 539 cm³/mol. The maximum Gasteiger partial charge on any atom is 0.317 e. The lowest BCUT2D eigenvalue weighted by molar-refractivity contribution is -0.143. The van der Waals surface area contributed by atoms with Crippen molar-refractivity contribution in [2.24, 2.45) is 22.3 Å². The summed E-state index contributed by atoms with van der Waals surface area (Å²) in [6, 6.07) is -3.04. The molecule has 5 heterocycles. The highest BCUT2D eigenvalue weighted by Crippen LogP contribution is 2.25. The molecule has 149 heavy (non-hydrogen) atoms. The van der Waals surface area contributed by atoms with Crippen LogP contribution in [-0.4, -0.2) is 327 Å². The number of amides is 16. The number of Topliss-reactive ketones (excluding diaryl/α,β-unsaturated/α-hetero) is 1. The van der Waals surface area contributed by atoms with Gasteiger partial charge in [-0.05, 0) is 75.0 Å². The summed E-state index contributed by atoms with van der Waals surface area (Å²) in [5.74, 6) is -18.9. The number of hydrogen-bond acceptors (Lipinski definition) is 30. The topological polar surface area (TPSA) is 793 Å². The number of carboxylic acid groups (broad SMARTS) is 2. The molecule has 12 atom stereocenters. The number of ether oxygens (including phenoxy) is 2. The summed E-state index contributed by atoms with van der Waals surface area (Å²) in [6.07, 6.45) is 16.0. The van der Waals surface area contributed by atoms with Crippen molar-refractivity contribution in [1.82, 2.24) is 116 Å². The van der Waals surface area contributed by atoms with E-state index in [2.05, 4.69) is 111 Å². The van der Waals surface area contributed by atoms with E-state index < -0.39 is 276 Å². The molecule has 30 N–H and O–H groups in total. The van der Waals surface area contributed by atoms with E-state index in [0.717, 1.165) is 49.3 Å². The van der Waals surface area contributed by atoms with Crippen LogP contribution in [0.2, 0.25) is 0 Å². The minimum absolute atomic E-state index is 0.0209. The number of carboxylic acids is 2. The largest absolute Gasteiger partial charge is 0.480 e. The number of hydrogen-bond donors (Lipinski definition) is 27. The number of aliphatic carboxylic acids is 2. The van der Waals surface area contributed by atoms with Gasteiger partial charge in [0, 0.05) is 107 Å². The average molecular weight is 2090 g/mol. The number of nitrogens with zero attached hydrogens (tertiary/aromatic N) is 4. The smallest absolute Gasteiger partial charge is 0.317 e. The van der Waals surface area contributed by atoms with Crippen LogP contribution in [0.1, 0.15) is 216 Å². The highest BCUT2D eigenvalue weighted by molar-refractivity contribution is 6.01. The minimum Gasteiger partial charge on any atom is -0.480 e. The Labute approximate surface area is 862 Å². The fourth-order valence-electron chi connectivity index (χ4n) is 16.9. The van der Waals surface area contributed by atoms with Crippen LogP contribution in [0.25, 0.3) is 10.9 Å². The number of aromatic amines is 2. The molecule has 52 heteroatoms. The number of guanidine groups is 1. The van der Waals surface area contributed by atoms with E-state index in [9.17, 15) is 87.5 Å². The number of nitrogens with one attached hydrogen (secondary N) is 20. The molecule has 0 saturated carbocycles. The van der Waals surface area contributed by atoms with E-state index in [-0.39, 0.29) is 115 Å². The Morgan fingerprint density at radius 2 is 1.19 bits per heavy atom. The van der Waals surface area contributed by atoms with E-state index in [1.807, 2.05) is 0 Å². The Morgan fingerprint density at radius 1 is 0.570 bits per heavy atom. The van der Waals surface area contributed by atoms with Crippen molar-refractivity contribution in [1.29, 1.82) is 5.41 Å². The number of aromatic nitrogens is 3. The van der Waals surface area contributed by atoms with Crippen LogP contribution in [-0.2, 0) is 120 Å². The van der Waals surface area contributed by atoms with Crippen molar-refractivity contribution >= 4 is 135 Å². The Morgan fingerprint density at radius 3 is 1.85 bits per heavy atom. The molecule has 52 nitrogen and oxygen atoms in total. The number of H-pyrrole nitrogens is 2. The number of amidine groups is 1. The number of rotatable bonds is 63. The fraction of sp³-hybridized carbons (Fsp3) is 0.608. The fourth-order valence-corrected chi connectivity index (χ4v) is 16.9. The lowest BCUT2D eigenvalue weighted by Gasteiger charge is -2.31. The van der Waals surface area contributed by atoms with Crippen molar-refractivity contribution in [2.45, 2.75) is 291 Å². The number of carbonyl (C=O) groups is 19. The number of ketones is 1. The highest BCUT2D eigenvalue weighted by Gasteiger charge is 2.45. The summed E-state index contributed by atoms with van der Waals surface area (Å²) >= 11 is 0. The predicted octanol–water partition coefficient (Wildman–Crippen LogP) is -4.13. The molecular formula is C97H149N27O25. The second kappa shape index (κ2) is 67.5. The number of hydrazone groups is 1. The molecule has 2 saturated heterocycles. The second-order valence-corrected chi connectivity index (χ2v) is 37.0. The minimum atomic E-state index is -2.05. The van der Waals surface area contributed by atoms with E-state index in [1.54, 1.807) is 67.7 Å². The van der Waals surface area contributed by atoms with Crippen LogP contribution in [0, 0.1) is 5.41 Å². The number of hydrazine groups is 2. The Bertz CT molecular complexity index is 5060. The van der Waals surface area contributed by atoms with Gasteiger partial charge < -0.3 is 136 Å². The van der Waals surface area contributed by atoms with Gasteiger partial charge >= 0.3 is 11.9 Å². The maximum absolute atomic E-state index is 15.5. The number of para-hydroxylation sites is 1. The van der Waals surface area contributed by atoms with Crippen LogP contribution in [0.15, 0.2) is 78.4 Å². The molecule has 4 aromatic rings. The summed E-state index contributed by atoms with van der Waals surface area (Å²) in [4.78, 5) is 276. The molecule has 3 aliphatic rings. The molecule has 2 fully saturated rings. The molecule has 7 rings (SSSR count).